The molecule has 0 amide bonds. The van der Waals surface area contributed by atoms with Crippen molar-refractivity contribution in [3.05, 3.63) is 35.9 Å². The van der Waals surface area contributed by atoms with E-state index >= 15 is 0 Å². The van der Waals surface area contributed by atoms with Crippen LogP contribution in [0.3, 0.4) is 0 Å². The van der Waals surface area contributed by atoms with E-state index in [0.29, 0.717) is 5.04 Å². The minimum absolute atomic E-state index is 0.230. The van der Waals surface area contributed by atoms with E-state index in [1.165, 1.54) is 12.0 Å². The van der Waals surface area contributed by atoms with Gasteiger partial charge in [0.2, 0.25) is 0 Å². The van der Waals surface area contributed by atoms with E-state index in [0.717, 1.165) is 0 Å². The van der Waals surface area contributed by atoms with Crippen LogP contribution in [0.25, 0.3) is 0 Å². The van der Waals surface area contributed by atoms with Crippen LogP contribution < -0.4 is 0 Å². The first-order valence-corrected chi connectivity index (χ1v) is 11.2. The lowest BCUT2D eigenvalue weighted by molar-refractivity contribution is 0.579. The molecule has 0 nitrogen and oxygen atoms in total. The first kappa shape index (κ1) is 15.0. The topological polar surface area (TPSA) is 0 Å². The Kier molecular flexibility index (Phi) is 4.31. The van der Waals surface area contributed by atoms with Crippen LogP contribution in [0, 0.1) is 0 Å². The lowest BCUT2D eigenvalue weighted by Crippen LogP contribution is -2.52. The molecule has 2 heteroatoms. The molecule has 96 valence electrons. The van der Waals surface area contributed by atoms with E-state index in [2.05, 4.69) is 86.8 Å². The molecule has 0 radical (unpaired) electrons. The Morgan fingerprint density at radius 2 is 1.53 bits per heavy atom. The molecule has 0 saturated carbocycles. The summed E-state index contributed by atoms with van der Waals surface area (Å²) in [5.74, 6) is 0. The Morgan fingerprint density at radius 3 is 1.94 bits per heavy atom. The van der Waals surface area contributed by atoms with Crippen molar-refractivity contribution in [2.75, 3.05) is 0 Å². The van der Waals surface area contributed by atoms with Gasteiger partial charge in [-0.15, -0.1) is 15.3 Å². The summed E-state index contributed by atoms with van der Waals surface area (Å²) in [5.41, 5.74) is 1.45. The van der Waals surface area contributed by atoms with Crippen LogP contribution in [-0.2, 0) is 5.04 Å². The molecule has 0 aliphatic rings. The van der Waals surface area contributed by atoms with Gasteiger partial charge in [-0.3, -0.25) is 0 Å². The lowest BCUT2D eigenvalue weighted by atomic mass is 10.0. The highest BCUT2D eigenvalue weighted by Gasteiger charge is 2.51. The third kappa shape index (κ3) is 2.53. The Bertz CT molecular complexity index is 366. The highest BCUT2D eigenvalue weighted by Crippen LogP contribution is 2.53. The van der Waals surface area contributed by atoms with E-state index in [1.807, 2.05) is 0 Å². The van der Waals surface area contributed by atoms with Crippen LogP contribution in [0.1, 0.15) is 46.6 Å². The predicted molar refractivity (Wildman–Crippen MR) is 84.3 cm³/mol. The average Bonchev–Trinajstić information content (AvgIpc) is 2.29. The van der Waals surface area contributed by atoms with Crippen LogP contribution in [0.15, 0.2) is 30.3 Å². The van der Waals surface area contributed by atoms with Gasteiger partial charge in [0.15, 0.2) is 0 Å². The number of hydrogen-bond acceptors (Lipinski definition) is 0. The zero-order chi connectivity index (χ0) is 13.3. The molecule has 0 N–H and O–H groups in total. The van der Waals surface area contributed by atoms with Gasteiger partial charge < -0.3 is 0 Å². The summed E-state index contributed by atoms with van der Waals surface area (Å²) >= 11 is 4.16. The summed E-state index contributed by atoms with van der Waals surface area (Å²) in [5, 5.41) is 0.611. The Labute approximate surface area is 115 Å². The molecule has 17 heavy (non-hydrogen) atoms. The molecule has 0 saturated heterocycles. The second-order valence-electron chi connectivity index (χ2n) is 6.23. The maximum absolute atomic E-state index is 4.16. The SMILES string of the molecule is CCC(C)(C)[Si](C)(Br)C(C)(C)c1ccccc1. The zero-order valence-electron chi connectivity index (χ0n) is 12.0. The van der Waals surface area contributed by atoms with Crippen molar-refractivity contribution in [3.63, 3.8) is 0 Å². The van der Waals surface area contributed by atoms with Crippen LogP contribution in [0.4, 0.5) is 0 Å². The minimum atomic E-state index is -1.59. The van der Waals surface area contributed by atoms with Crippen LogP contribution >= 0.6 is 15.3 Å². The molecule has 0 fully saturated rings. The number of hydrogen-bond donors (Lipinski definition) is 0. The van der Waals surface area contributed by atoms with Gasteiger partial charge in [0.1, 0.15) is 6.69 Å². The van der Waals surface area contributed by atoms with Crippen molar-refractivity contribution in [2.24, 2.45) is 0 Å². The zero-order valence-corrected chi connectivity index (χ0v) is 14.6. The van der Waals surface area contributed by atoms with Gasteiger partial charge in [0.25, 0.3) is 0 Å². The highest BCUT2D eigenvalue weighted by molar-refractivity contribution is 9.26. The molecule has 0 spiro atoms. The fourth-order valence-electron chi connectivity index (χ4n) is 2.30. The van der Waals surface area contributed by atoms with Gasteiger partial charge in [0.05, 0.1) is 0 Å². The van der Waals surface area contributed by atoms with Gasteiger partial charge in [-0.1, -0.05) is 77.9 Å². The fraction of sp³-hybridized carbons (Fsp3) is 0.600. The summed E-state index contributed by atoms with van der Waals surface area (Å²) in [6, 6.07) is 10.9. The van der Waals surface area contributed by atoms with Gasteiger partial charge in [0, 0.05) is 0 Å². The standard InChI is InChI=1S/C15H25BrSi/c1-7-14(2,3)17(6,16)15(4,5)13-11-9-8-10-12-13/h8-12H,7H2,1-6H3. The summed E-state index contributed by atoms with van der Waals surface area (Å²) in [4.78, 5) is 0. The van der Waals surface area contributed by atoms with Crippen LogP contribution in [-0.4, -0.2) is 6.69 Å². The maximum Gasteiger partial charge on any atom is 0.142 e. The van der Waals surface area contributed by atoms with Gasteiger partial charge in [-0.25, -0.2) is 0 Å². The number of halogens is 1. The normalized spacial score (nSPS) is 16.6. The first-order chi connectivity index (χ1) is 7.67. The van der Waals surface area contributed by atoms with Crippen molar-refractivity contribution in [2.45, 2.75) is 57.7 Å². The molecule has 0 aliphatic heterocycles. The molecule has 0 aromatic heterocycles. The average molecular weight is 313 g/mol. The molecule has 0 heterocycles. The van der Waals surface area contributed by atoms with Crippen molar-refractivity contribution in [1.82, 2.24) is 0 Å². The third-order valence-corrected chi connectivity index (χ3v) is 16.5. The maximum atomic E-state index is 4.16. The molecule has 1 atom stereocenters. The van der Waals surface area contributed by atoms with E-state index < -0.39 is 6.69 Å². The monoisotopic (exact) mass is 312 g/mol. The van der Waals surface area contributed by atoms with Gasteiger partial charge in [-0.05, 0) is 15.6 Å². The lowest BCUT2D eigenvalue weighted by Gasteiger charge is -2.48. The van der Waals surface area contributed by atoms with Crippen molar-refractivity contribution >= 4 is 22.0 Å². The molecule has 1 unspecified atom stereocenters. The second-order valence-corrected chi connectivity index (χ2v) is 15.6. The summed E-state index contributed by atoms with van der Waals surface area (Å²) in [6.45, 7) is 12.8. The summed E-state index contributed by atoms with van der Waals surface area (Å²) in [6.07, 6.45) is 1.22. The smallest absolute Gasteiger partial charge is 0.125 e. The Morgan fingerprint density at radius 1 is 1.06 bits per heavy atom. The molecular formula is C15H25BrSi. The van der Waals surface area contributed by atoms with Crippen molar-refractivity contribution in [1.29, 1.82) is 0 Å². The molecule has 0 bridgehead atoms. The molecule has 0 aliphatic carbocycles. The van der Waals surface area contributed by atoms with Crippen LogP contribution in [0.5, 0.6) is 0 Å². The molecule has 1 rings (SSSR count). The Balaban J connectivity index is 3.22. The second kappa shape index (κ2) is 4.89. The third-order valence-electron chi connectivity index (χ3n) is 4.82. The van der Waals surface area contributed by atoms with Crippen molar-refractivity contribution < 1.29 is 0 Å². The van der Waals surface area contributed by atoms with Gasteiger partial charge in [-0.2, -0.15) is 0 Å². The van der Waals surface area contributed by atoms with E-state index in [-0.39, 0.29) is 5.04 Å². The summed E-state index contributed by atoms with van der Waals surface area (Å²) < 4.78 is 0. The predicted octanol–water partition coefficient (Wildman–Crippen LogP) is 5.66. The minimum Gasteiger partial charge on any atom is -0.125 e. The molecule has 1 aromatic rings. The number of benzene rings is 1. The van der Waals surface area contributed by atoms with E-state index in [4.69, 9.17) is 0 Å². The molecule has 1 aromatic carbocycles. The van der Waals surface area contributed by atoms with E-state index in [1.54, 1.807) is 0 Å². The van der Waals surface area contributed by atoms with E-state index in [9.17, 15) is 0 Å². The first-order valence-electron chi connectivity index (χ1n) is 6.41. The Hall–Kier alpha value is -0.0831. The highest BCUT2D eigenvalue weighted by atomic mass is 79.9. The summed E-state index contributed by atoms with van der Waals surface area (Å²) in [7, 11) is 0. The molecular weight excluding hydrogens is 288 g/mol. The van der Waals surface area contributed by atoms with Crippen molar-refractivity contribution in [3.8, 4) is 0 Å². The number of rotatable bonds is 4. The largest absolute Gasteiger partial charge is 0.142 e. The quantitative estimate of drug-likeness (QED) is 0.497. The van der Waals surface area contributed by atoms with Gasteiger partial charge >= 0.3 is 0 Å². The fourth-order valence-corrected chi connectivity index (χ4v) is 6.90. The van der Waals surface area contributed by atoms with Crippen LogP contribution in [0.2, 0.25) is 11.6 Å².